The summed E-state index contributed by atoms with van der Waals surface area (Å²) >= 11 is 8.54. The number of carbonyl (C=O) groups excluding carboxylic acids is 4. The lowest BCUT2D eigenvalue weighted by Gasteiger charge is -2.52. The van der Waals surface area contributed by atoms with Crippen molar-refractivity contribution in [3.05, 3.63) is 44.6 Å². The first-order valence-corrected chi connectivity index (χ1v) is 19.7. The average Bonchev–Trinajstić information content (AvgIpc) is 3.67. The molecule has 0 saturated carbocycles. The summed E-state index contributed by atoms with van der Waals surface area (Å²) in [7, 11) is 2.08. The van der Waals surface area contributed by atoms with Crippen LogP contribution in [0.2, 0.25) is 5.02 Å². The number of carboxylic acids is 2. The number of amides is 3. The van der Waals surface area contributed by atoms with Gasteiger partial charge in [0.1, 0.15) is 17.9 Å². The number of likely N-dealkylation sites (N-methyl/N-ethyl adjacent to an activating group) is 1. The van der Waals surface area contributed by atoms with Crippen LogP contribution in [0.5, 0.6) is 11.5 Å². The number of benzene rings is 1. The topological polar surface area (TPSA) is 250 Å². The zero-order valence-electron chi connectivity index (χ0n) is 29.9. The Kier molecular flexibility index (Phi) is 9.66. The minimum atomic E-state index is -1.77. The molecule has 1 aromatic heterocycles. The Morgan fingerprint density at radius 1 is 1.13 bits per heavy atom. The molecule has 1 aromatic carbocycles. The van der Waals surface area contributed by atoms with Gasteiger partial charge in [0.15, 0.2) is 28.1 Å². The summed E-state index contributed by atoms with van der Waals surface area (Å²) in [4.78, 5) is 89.7. The van der Waals surface area contributed by atoms with Crippen molar-refractivity contribution in [2.45, 2.75) is 69.0 Å². The number of Topliss-reactive ketones (excluding diaryl/α,β-unsaturated/α-hetero) is 1. The number of aromatic hydroxyl groups is 2. The molecule has 6 heterocycles. The molecule has 20 heteroatoms. The number of carbonyl (C=O) groups is 6. The van der Waals surface area contributed by atoms with Gasteiger partial charge in [-0.1, -0.05) is 16.8 Å². The van der Waals surface area contributed by atoms with Gasteiger partial charge in [-0.2, -0.15) is 0 Å². The van der Waals surface area contributed by atoms with Crippen molar-refractivity contribution < 1.29 is 58.5 Å². The maximum Gasteiger partial charge on any atom is 0.352 e. The molecule has 55 heavy (non-hydrogen) atoms. The number of quaternary nitrogens is 1. The predicted octanol–water partition coefficient (Wildman–Crippen LogP) is 2.89. The van der Waals surface area contributed by atoms with Gasteiger partial charge in [0.25, 0.3) is 11.8 Å². The van der Waals surface area contributed by atoms with Crippen molar-refractivity contribution in [1.82, 2.24) is 14.8 Å². The Balaban J connectivity index is 1.05. The molecule has 2 aromatic rings. The summed E-state index contributed by atoms with van der Waals surface area (Å²) in [6, 6.07) is 1.22. The molecule has 3 fully saturated rings. The number of ketones is 1. The van der Waals surface area contributed by atoms with E-state index >= 15 is 0 Å². The number of carboxylic acid groups (broad SMARTS) is 2. The van der Waals surface area contributed by atoms with Crippen molar-refractivity contribution in [3.63, 3.8) is 0 Å². The minimum absolute atomic E-state index is 0.0464. The second kappa shape index (κ2) is 13.8. The first kappa shape index (κ1) is 38.6. The van der Waals surface area contributed by atoms with Crippen LogP contribution in [0, 0.1) is 11.8 Å². The summed E-state index contributed by atoms with van der Waals surface area (Å²) in [5.41, 5.74) is 4.05. The van der Waals surface area contributed by atoms with E-state index in [0.717, 1.165) is 35.1 Å². The number of aliphatic carboxylic acids is 2. The van der Waals surface area contributed by atoms with Crippen molar-refractivity contribution in [2.75, 3.05) is 31.6 Å². The van der Waals surface area contributed by atoms with E-state index in [1.165, 1.54) is 35.9 Å². The van der Waals surface area contributed by atoms with Crippen molar-refractivity contribution in [3.8, 4) is 11.5 Å². The number of nitrogen functional groups attached to an aromatic ring is 1. The number of fused-ring (bicyclic) bond motifs is 4. The molecule has 0 radical (unpaired) electrons. The number of β-lactam (4-membered cyclic amide) rings is 1. The summed E-state index contributed by atoms with van der Waals surface area (Å²) in [6.45, 7) is 3.01. The molecule has 7 rings (SSSR count). The van der Waals surface area contributed by atoms with Crippen LogP contribution < -0.4 is 5.73 Å². The molecule has 3 amide bonds. The molecule has 0 aliphatic carbocycles. The second-order valence-electron chi connectivity index (χ2n) is 15.2. The molecular weight excluding hydrogens is 780 g/mol. The van der Waals surface area contributed by atoms with E-state index in [9.17, 15) is 49.2 Å². The Hall–Kier alpha value is -4.72. The van der Waals surface area contributed by atoms with E-state index in [2.05, 4.69) is 17.2 Å². The van der Waals surface area contributed by atoms with Crippen molar-refractivity contribution >= 4 is 81.0 Å². The minimum Gasteiger partial charge on any atom is -0.504 e. The standard InChI is InChI=1S/C35H37ClN6O11S2/c1-35(2,33(51)52)53-39-25(20-13-55-34(37)38-20)21(43)9-19-29(47)41-26(32(49)50)15(12-54-31(19)41)11-42(3)16-4-5-17(42)7-14(6-16)10-40-28(46)18-8-22(44)27(45)24(36)23(18)30(40)48/h8,13-14,16-17,19,31H,4-7,9-12H2,1-3H3,(H5-,37,38,39,43,44,45,46,48,49,50,51,52)/p+1/t14?,16-,17+,19-,31-,42?/m1/s1. The number of imide groups is 1. The molecular formula is C35H38ClN6O11S2+. The lowest BCUT2D eigenvalue weighted by molar-refractivity contribution is -0.945. The van der Waals surface area contributed by atoms with Gasteiger partial charge < -0.3 is 35.5 Å². The molecule has 6 N–H and O–H groups in total. The van der Waals surface area contributed by atoms with Crippen LogP contribution >= 0.6 is 34.7 Å². The number of nitrogens with zero attached hydrogens (tertiary/aromatic N) is 5. The lowest BCUT2D eigenvalue weighted by atomic mass is 9.87. The quantitative estimate of drug-likeness (QED) is 0.0516. The van der Waals surface area contributed by atoms with E-state index in [4.69, 9.17) is 22.2 Å². The number of hydrogen-bond acceptors (Lipinski definition) is 14. The second-order valence-corrected chi connectivity index (χ2v) is 17.6. The number of thioether (sulfide) groups is 1. The largest absolute Gasteiger partial charge is 0.504 e. The molecule has 2 bridgehead atoms. The molecule has 6 atom stereocenters. The van der Waals surface area contributed by atoms with Crippen LogP contribution in [-0.4, -0.2) is 130 Å². The smallest absolute Gasteiger partial charge is 0.352 e. The van der Waals surface area contributed by atoms with Gasteiger partial charge in [0, 0.05) is 55.4 Å². The monoisotopic (exact) mass is 817 g/mol. The number of halogens is 1. The highest BCUT2D eigenvalue weighted by molar-refractivity contribution is 8.00. The van der Waals surface area contributed by atoms with Crippen LogP contribution in [0.4, 0.5) is 5.13 Å². The van der Waals surface area contributed by atoms with Gasteiger partial charge in [0.05, 0.1) is 46.6 Å². The summed E-state index contributed by atoms with van der Waals surface area (Å²) in [5.74, 6) is -6.83. The maximum absolute atomic E-state index is 13.7. The average molecular weight is 818 g/mol. The van der Waals surface area contributed by atoms with Crippen molar-refractivity contribution in [2.24, 2.45) is 17.0 Å². The number of thiazole rings is 1. The number of piperidine rings is 1. The first-order chi connectivity index (χ1) is 25.8. The zero-order valence-corrected chi connectivity index (χ0v) is 32.2. The summed E-state index contributed by atoms with van der Waals surface area (Å²) in [6.07, 6.45) is 2.68. The number of phenols is 2. The lowest BCUT2D eigenvalue weighted by Crippen LogP contribution is -2.64. The Bertz CT molecular complexity index is 2120. The SMILES string of the molecule is CC(C)(O/N=C(\C(=O)C[C@@H]1C(=O)N2C(C(=O)O)=C(C[N+]3(C)[C@@H]4CC[C@H]3CC(CN3C(=O)c5cc(O)c(O)c(Cl)c5C3=O)C4)CS[C@H]12)c1csc(N)n1)C(=O)O. The van der Waals surface area contributed by atoms with Crippen molar-refractivity contribution in [1.29, 1.82) is 0 Å². The fourth-order valence-corrected chi connectivity index (χ4v) is 10.8. The van der Waals surface area contributed by atoms with Gasteiger partial charge in [-0.15, -0.1) is 23.1 Å². The molecule has 0 spiro atoms. The third kappa shape index (κ3) is 6.39. The van der Waals surface area contributed by atoms with Crippen LogP contribution in [0.1, 0.15) is 72.4 Å². The highest BCUT2D eigenvalue weighted by Gasteiger charge is 2.57. The highest BCUT2D eigenvalue weighted by atomic mass is 35.5. The normalized spacial score (nSPS) is 27.6. The van der Waals surface area contributed by atoms with Gasteiger partial charge >= 0.3 is 11.9 Å². The number of nitrogens with two attached hydrogens (primary N) is 1. The zero-order chi connectivity index (χ0) is 39.9. The van der Waals surface area contributed by atoms with Crippen LogP contribution in [0.25, 0.3) is 0 Å². The van der Waals surface area contributed by atoms with E-state index in [1.807, 2.05) is 0 Å². The third-order valence-corrected chi connectivity index (χ3v) is 14.0. The number of aromatic nitrogens is 1. The first-order valence-electron chi connectivity index (χ1n) is 17.4. The van der Waals surface area contributed by atoms with E-state index in [1.54, 1.807) is 0 Å². The number of phenolic OH excluding ortho intramolecular Hbond substituents is 2. The molecule has 5 aliphatic heterocycles. The Morgan fingerprint density at radius 3 is 2.40 bits per heavy atom. The van der Waals surface area contributed by atoms with E-state index in [0.29, 0.717) is 35.2 Å². The number of oxime groups is 1. The number of hydrogen-bond donors (Lipinski definition) is 5. The van der Waals surface area contributed by atoms with Crippen LogP contribution in [-0.2, 0) is 24.0 Å². The molecule has 292 valence electrons. The van der Waals surface area contributed by atoms with E-state index < -0.39 is 63.8 Å². The predicted molar refractivity (Wildman–Crippen MR) is 197 cm³/mol. The van der Waals surface area contributed by atoms with Gasteiger partial charge in [-0.3, -0.25) is 29.0 Å². The van der Waals surface area contributed by atoms with Gasteiger partial charge in [-0.05, 0) is 25.8 Å². The maximum atomic E-state index is 13.7. The van der Waals surface area contributed by atoms with Gasteiger partial charge in [-0.25, -0.2) is 14.6 Å². The molecule has 17 nitrogen and oxygen atoms in total. The third-order valence-electron chi connectivity index (χ3n) is 11.5. The summed E-state index contributed by atoms with van der Waals surface area (Å²) < 4.78 is 0.538. The van der Waals surface area contributed by atoms with Gasteiger partial charge in [0.2, 0.25) is 11.5 Å². The fraction of sp³-hybridized carbons (Fsp3) is 0.486. The Morgan fingerprint density at radius 2 is 1.80 bits per heavy atom. The Labute approximate surface area is 326 Å². The molecule has 2 unspecified atom stereocenters. The van der Waals surface area contributed by atoms with Crippen LogP contribution in [0.15, 0.2) is 27.9 Å². The van der Waals surface area contributed by atoms with Crippen LogP contribution in [0.3, 0.4) is 0 Å². The number of anilines is 1. The number of rotatable bonds is 12. The molecule has 5 aliphatic rings. The fourth-order valence-electron chi connectivity index (χ4n) is 8.55. The molecule has 3 saturated heterocycles. The highest BCUT2D eigenvalue weighted by Crippen LogP contribution is 2.50. The summed E-state index contributed by atoms with van der Waals surface area (Å²) in [5, 5.41) is 44.3. The van der Waals surface area contributed by atoms with E-state index in [-0.39, 0.29) is 69.4 Å².